The fourth-order valence-electron chi connectivity index (χ4n) is 5.28. The number of rotatable bonds is 6. The molecule has 3 N–H and O–H groups in total. The largest absolute Gasteiger partial charge is 0.477 e. The lowest BCUT2D eigenvalue weighted by Crippen LogP contribution is -2.44. The van der Waals surface area contributed by atoms with Gasteiger partial charge in [-0.2, -0.15) is 5.26 Å². The van der Waals surface area contributed by atoms with E-state index >= 15 is 8.78 Å². The molecule has 3 aromatic rings. The van der Waals surface area contributed by atoms with E-state index in [-0.39, 0.29) is 43.9 Å². The zero-order chi connectivity index (χ0) is 28.7. The van der Waals surface area contributed by atoms with Crippen LogP contribution in [-0.2, 0) is 10.2 Å². The van der Waals surface area contributed by atoms with Gasteiger partial charge in [0.25, 0.3) is 0 Å². The van der Waals surface area contributed by atoms with E-state index in [4.69, 9.17) is 23.2 Å². The van der Waals surface area contributed by atoms with E-state index in [0.29, 0.717) is 6.42 Å². The van der Waals surface area contributed by atoms with Gasteiger partial charge in [-0.15, -0.1) is 11.3 Å². The van der Waals surface area contributed by atoms with Crippen LogP contribution in [0.3, 0.4) is 0 Å². The smallest absolute Gasteiger partial charge is 0.345 e. The van der Waals surface area contributed by atoms with Crippen molar-refractivity contribution in [2.75, 3.05) is 5.32 Å². The molecule has 1 amide bonds. The fourth-order valence-corrected chi connectivity index (χ4v) is 6.36. The fraction of sp³-hybridized carbons (Fsp3) is 0.345. The van der Waals surface area contributed by atoms with Crippen LogP contribution in [0.15, 0.2) is 48.5 Å². The Morgan fingerprint density at radius 3 is 2.45 bits per heavy atom. The molecule has 1 aromatic heterocycles. The zero-order valence-corrected chi connectivity index (χ0v) is 23.5. The van der Waals surface area contributed by atoms with Crippen LogP contribution in [0.2, 0.25) is 10.0 Å². The van der Waals surface area contributed by atoms with Crippen molar-refractivity contribution in [3.05, 3.63) is 86.2 Å². The number of hydrogen-bond acceptors (Lipinski definition) is 5. The first-order valence-corrected chi connectivity index (χ1v) is 13.6. The van der Waals surface area contributed by atoms with E-state index in [2.05, 4.69) is 16.7 Å². The van der Waals surface area contributed by atoms with Gasteiger partial charge >= 0.3 is 5.97 Å². The zero-order valence-electron chi connectivity index (χ0n) is 21.2. The number of anilines is 1. The third-order valence-electron chi connectivity index (χ3n) is 6.79. The highest BCUT2D eigenvalue weighted by Crippen LogP contribution is 2.53. The Balaban J connectivity index is 0.00000441. The average Bonchev–Trinajstić information content (AvgIpc) is 3.43. The van der Waals surface area contributed by atoms with Crippen LogP contribution in [0.4, 0.5) is 13.8 Å². The number of halogens is 4. The molecule has 0 bridgehead atoms. The Kier molecular flexibility index (Phi) is 9.32. The van der Waals surface area contributed by atoms with Crippen molar-refractivity contribution in [1.29, 1.82) is 5.26 Å². The lowest BCUT2D eigenvalue weighted by Gasteiger charge is -2.37. The number of nitriles is 1. The standard InChI is InChI=1S/C28H25Cl2F2N3O3S.CH4/c1-27(2,3)12-20-28(13-33,16-8-7-14(29)11-18(16)31)22(15-5-4-6-17(30)23(15)32)24(34-20)25(36)35-21-10-9-19(39-21)26(37)38;/h4-11,20,22,24,34H,12H2,1-3H3,(H,35,36)(H,37,38);1H4/t20-,22-,24+,28-;/m0./s1. The molecule has 2 heterocycles. The Hall–Kier alpha value is -3.03. The second kappa shape index (κ2) is 11.8. The first-order valence-electron chi connectivity index (χ1n) is 12.0. The highest BCUT2D eigenvalue weighted by molar-refractivity contribution is 7.18. The minimum atomic E-state index is -1.75. The topological polar surface area (TPSA) is 102 Å². The molecule has 40 heavy (non-hydrogen) atoms. The lowest BCUT2D eigenvalue weighted by atomic mass is 9.62. The van der Waals surface area contributed by atoms with Gasteiger partial charge in [-0.1, -0.05) is 69.6 Å². The predicted octanol–water partition coefficient (Wildman–Crippen LogP) is 7.63. The summed E-state index contributed by atoms with van der Waals surface area (Å²) in [4.78, 5) is 25.1. The van der Waals surface area contributed by atoms with Crippen molar-refractivity contribution >= 4 is 51.4 Å². The quantitative estimate of drug-likeness (QED) is 0.267. The van der Waals surface area contributed by atoms with Crippen molar-refractivity contribution in [2.24, 2.45) is 5.41 Å². The third-order valence-corrected chi connectivity index (χ3v) is 8.31. The van der Waals surface area contributed by atoms with Crippen LogP contribution < -0.4 is 10.6 Å². The molecule has 1 aliphatic rings. The van der Waals surface area contributed by atoms with Crippen LogP contribution in [0, 0.1) is 28.4 Å². The first kappa shape index (κ1) is 31.5. The van der Waals surface area contributed by atoms with Crippen molar-refractivity contribution in [3.63, 3.8) is 0 Å². The van der Waals surface area contributed by atoms with Gasteiger partial charge in [0.1, 0.15) is 21.9 Å². The maximum atomic E-state index is 15.7. The second-order valence-corrected chi connectivity index (χ2v) is 12.6. The summed E-state index contributed by atoms with van der Waals surface area (Å²) in [6, 6.07) is 11.3. The van der Waals surface area contributed by atoms with Gasteiger partial charge in [-0.3, -0.25) is 4.79 Å². The van der Waals surface area contributed by atoms with E-state index < -0.39 is 46.9 Å². The van der Waals surface area contributed by atoms with Crippen molar-refractivity contribution in [1.82, 2.24) is 5.32 Å². The summed E-state index contributed by atoms with van der Waals surface area (Å²) in [5.74, 6) is -4.59. The van der Waals surface area contributed by atoms with E-state index in [0.717, 1.165) is 17.4 Å². The number of benzene rings is 2. The molecular formula is C29H29Cl2F2N3O3S. The molecule has 0 spiro atoms. The number of carbonyl (C=O) groups is 2. The monoisotopic (exact) mass is 607 g/mol. The second-order valence-electron chi connectivity index (χ2n) is 10.6. The molecular weight excluding hydrogens is 579 g/mol. The molecule has 1 aliphatic heterocycles. The number of carbonyl (C=O) groups excluding carboxylic acids is 1. The maximum absolute atomic E-state index is 15.7. The van der Waals surface area contributed by atoms with E-state index in [9.17, 15) is 20.0 Å². The Bertz CT molecular complexity index is 1480. The highest BCUT2D eigenvalue weighted by Gasteiger charge is 2.61. The number of amides is 1. The summed E-state index contributed by atoms with van der Waals surface area (Å²) in [6.45, 7) is 5.82. The molecule has 1 fully saturated rings. The highest BCUT2D eigenvalue weighted by atomic mass is 35.5. The minimum absolute atomic E-state index is 0. The molecule has 0 saturated carbocycles. The maximum Gasteiger partial charge on any atom is 0.345 e. The van der Waals surface area contributed by atoms with Gasteiger partial charge in [0.15, 0.2) is 0 Å². The Morgan fingerprint density at radius 2 is 1.88 bits per heavy atom. The first-order chi connectivity index (χ1) is 18.3. The Labute approximate surface area is 245 Å². The number of aromatic carboxylic acids is 1. The van der Waals surface area contributed by atoms with Crippen LogP contribution in [0.1, 0.15) is 61.3 Å². The van der Waals surface area contributed by atoms with Gasteiger partial charge in [-0.05, 0) is 47.7 Å². The summed E-state index contributed by atoms with van der Waals surface area (Å²) in [6.07, 6.45) is 0.327. The van der Waals surface area contributed by atoms with Gasteiger partial charge in [0, 0.05) is 22.5 Å². The summed E-state index contributed by atoms with van der Waals surface area (Å²) < 4.78 is 31.3. The number of thiophene rings is 1. The van der Waals surface area contributed by atoms with E-state index in [1.807, 2.05) is 20.8 Å². The molecule has 0 unspecified atom stereocenters. The van der Waals surface area contributed by atoms with Gasteiger partial charge in [0.05, 0.1) is 22.1 Å². The molecule has 0 radical (unpaired) electrons. The summed E-state index contributed by atoms with van der Waals surface area (Å²) in [7, 11) is 0. The molecule has 0 aliphatic carbocycles. The van der Waals surface area contributed by atoms with Gasteiger partial charge < -0.3 is 15.7 Å². The average molecular weight is 609 g/mol. The lowest BCUT2D eigenvalue weighted by molar-refractivity contribution is -0.118. The minimum Gasteiger partial charge on any atom is -0.477 e. The summed E-state index contributed by atoms with van der Waals surface area (Å²) in [5.41, 5.74) is -2.19. The SMILES string of the molecule is C.CC(C)(C)C[C@@H]1N[C@@H](C(=O)Nc2ccc(C(=O)O)s2)[C@H](c2cccc(Cl)c2F)[C@@]1(C#N)c1ccc(Cl)cc1F. The summed E-state index contributed by atoms with van der Waals surface area (Å²) in [5, 5.41) is 26.2. The molecule has 4 atom stereocenters. The number of nitrogens with one attached hydrogen (secondary N) is 2. The molecule has 2 aromatic carbocycles. The molecule has 1 saturated heterocycles. The van der Waals surface area contributed by atoms with Crippen LogP contribution >= 0.6 is 34.5 Å². The van der Waals surface area contributed by atoms with Crippen LogP contribution in [-0.4, -0.2) is 29.1 Å². The predicted molar refractivity (Wildman–Crippen MR) is 154 cm³/mol. The summed E-state index contributed by atoms with van der Waals surface area (Å²) >= 11 is 13.0. The van der Waals surface area contributed by atoms with Crippen LogP contribution in [0.25, 0.3) is 0 Å². The van der Waals surface area contributed by atoms with E-state index in [1.165, 1.54) is 42.5 Å². The number of nitrogens with zero attached hydrogens (tertiary/aromatic N) is 1. The molecule has 212 valence electrons. The molecule has 11 heteroatoms. The number of carboxylic acids is 1. The van der Waals surface area contributed by atoms with Gasteiger partial charge in [-0.25, -0.2) is 13.6 Å². The van der Waals surface area contributed by atoms with Crippen molar-refractivity contribution in [3.8, 4) is 6.07 Å². The number of carboxylic acid groups (broad SMARTS) is 1. The third kappa shape index (κ3) is 5.86. The normalized spacial score (nSPS) is 22.3. The van der Waals surface area contributed by atoms with Gasteiger partial charge in [0.2, 0.25) is 5.91 Å². The van der Waals surface area contributed by atoms with E-state index in [1.54, 1.807) is 0 Å². The van der Waals surface area contributed by atoms with Crippen molar-refractivity contribution in [2.45, 2.75) is 58.0 Å². The molecule has 4 rings (SSSR count). The van der Waals surface area contributed by atoms with Crippen LogP contribution in [0.5, 0.6) is 0 Å². The molecule has 6 nitrogen and oxygen atoms in total. The Morgan fingerprint density at radius 1 is 1.18 bits per heavy atom. The number of hydrogen-bond donors (Lipinski definition) is 3. The van der Waals surface area contributed by atoms with Crippen molar-refractivity contribution < 1.29 is 23.5 Å².